The fourth-order valence-electron chi connectivity index (χ4n) is 1.14. The first-order valence-electron chi connectivity index (χ1n) is 4.78. The Morgan fingerprint density at radius 1 is 1.47 bits per heavy atom. The van der Waals surface area contributed by atoms with Crippen LogP contribution in [-0.2, 0) is 9.53 Å². The second kappa shape index (κ2) is 5.48. The number of ether oxygens (including phenoxy) is 1. The molecular formula is C11H15NO3. The van der Waals surface area contributed by atoms with Gasteiger partial charge < -0.3 is 15.6 Å². The molecule has 0 aliphatic carbocycles. The van der Waals surface area contributed by atoms with Crippen molar-refractivity contribution in [3.63, 3.8) is 0 Å². The van der Waals surface area contributed by atoms with E-state index < -0.39 is 12.1 Å². The number of aliphatic hydroxyl groups is 1. The van der Waals surface area contributed by atoms with Gasteiger partial charge in [-0.15, -0.1) is 0 Å². The molecule has 82 valence electrons. The lowest BCUT2D eigenvalue weighted by molar-refractivity contribution is -0.158. The van der Waals surface area contributed by atoms with Crippen molar-refractivity contribution in [2.75, 3.05) is 6.54 Å². The highest BCUT2D eigenvalue weighted by Crippen LogP contribution is 2.16. The van der Waals surface area contributed by atoms with Crippen molar-refractivity contribution in [2.45, 2.75) is 19.1 Å². The van der Waals surface area contributed by atoms with Crippen LogP contribution in [0.1, 0.15) is 18.6 Å². The number of nitrogens with two attached hydrogens (primary N) is 1. The number of hydrogen-bond acceptors (Lipinski definition) is 4. The van der Waals surface area contributed by atoms with Crippen molar-refractivity contribution in [1.82, 2.24) is 0 Å². The Bertz CT molecular complexity index is 313. The van der Waals surface area contributed by atoms with Crippen LogP contribution in [0, 0.1) is 0 Å². The molecule has 0 aromatic heterocycles. The number of hydrogen-bond donors (Lipinski definition) is 2. The summed E-state index contributed by atoms with van der Waals surface area (Å²) in [4.78, 5) is 11.2. The summed E-state index contributed by atoms with van der Waals surface area (Å²) < 4.78 is 5.02. The summed E-state index contributed by atoms with van der Waals surface area (Å²) in [5.41, 5.74) is 6.02. The molecule has 1 aromatic carbocycles. The molecule has 0 amide bonds. The quantitative estimate of drug-likeness (QED) is 0.713. The van der Waals surface area contributed by atoms with Gasteiger partial charge in [-0.1, -0.05) is 30.3 Å². The van der Waals surface area contributed by atoms with Gasteiger partial charge in [-0.25, -0.2) is 4.79 Å². The summed E-state index contributed by atoms with van der Waals surface area (Å²) in [5, 5.41) is 9.12. The zero-order valence-electron chi connectivity index (χ0n) is 8.59. The maximum Gasteiger partial charge on any atom is 0.336 e. The van der Waals surface area contributed by atoms with E-state index in [9.17, 15) is 4.79 Å². The molecule has 0 fully saturated rings. The SMILES string of the molecule is CC(OC(=O)[C@@H](O)CN)c1ccccc1. The Balaban J connectivity index is 2.56. The number of carbonyl (C=O) groups is 1. The predicted octanol–water partition coefficient (Wildman–Crippen LogP) is 0.610. The molecule has 0 aliphatic heterocycles. The molecule has 0 radical (unpaired) electrons. The van der Waals surface area contributed by atoms with E-state index in [0.717, 1.165) is 5.56 Å². The van der Waals surface area contributed by atoms with Crippen molar-refractivity contribution < 1.29 is 14.6 Å². The summed E-state index contributed by atoms with van der Waals surface area (Å²) in [6, 6.07) is 9.31. The van der Waals surface area contributed by atoms with E-state index in [2.05, 4.69) is 0 Å². The maximum atomic E-state index is 11.2. The minimum absolute atomic E-state index is 0.125. The van der Waals surface area contributed by atoms with Gasteiger partial charge in [0.25, 0.3) is 0 Å². The van der Waals surface area contributed by atoms with Crippen molar-refractivity contribution in [1.29, 1.82) is 0 Å². The summed E-state index contributed by atoms with van der Waals surface area (Å²) in [5.74, 6) is -0.686. The van der Waals surface area contributed by atoms with Gasteiger partial charge in [0.1, 0.15) is 6.10 Å². The molecule has 4 nitrogen and oxygen atoms in total. The zero-order chi connectivity index (χ0) is 11.3. The van der Waals surface area contributed by atoms with Gasteiger partial charge in [0.2, 0.25) is 0 Å². The van der Waals surface area contributed by atoms with Crippen LogP contribution in [0.15, 0.2) is 30.3 Å². The van der Waals surface area contributed by atoms with E-state index in [-0.39, 0.29) is 12.6 Å². The first-order valence-corrected chi connectivity index (χ1v) is 4.78. The number of esters is 1. The van der Waals surface area contributed by atoms with Crippen LogP contribution in [0.25, 0.3) is 0 Å². The molecule has 15 heavy (non-hydrogen) atoms. The van der Waals surface area contributed by atoms with Crippen LogP contribution < -0.4 is 5.73 Å². The van der Waals surface area contributed by atoms with E-state index >= 15 is 0 Å². The molecule has 0 heterocycles. The Hall–Kier alpha value is -1.39. The standard InChI is InChI=1S/C11H15NO3/c1-8(9-5-3-2-4-6-9)15-11(14)10(13)7-12/h2-6,8,10,13H,7,12H2,1H3/t8?,10-/m0/s1. The highest BCUT2D eigenvalue weighted by Gasteiger charge is 2.18. The Labute approximate surface area is 88.7 Å². The third-order valence-electron chi connectivity index (χ3n) is 2.06. The Morgan fingerprint density at radius 3 is 2.60 bits per heavy atom. The molecule has 0 saturated heterocycles. The van der Waals surface area contributed by atoms with Crippen molar-refractivity contribution in [3.05, 3.63) is 35.9 Å². The monoisotopic (exact) mass is 209 g/mol. The van der Waals surface area contributed by atoms with Crippen LogP contribution in [0.4, 0.5) is 0 Å². The number of carbonyl (C=O) groups excluding carboxylic acids is 1. The van der Waals surface area contributed by atoms with Crippen LogP contribution in [0.2, 0.25) is 0 Å². The molecule has 0 bridgehead atoms. The van der Waals surface area contributed by atoms with Gasteiger partial charge in [0, 0.05) is 6.54 Å². The summed E-state index contributed by atoms with van der Waals surface area (Å²) in [6.45, 7) is 1.62. The molecule has 0 spiro atoms. The van der Waals surface area contributed by atoms with E-state index in [1.807, 2.05) is 30.3 Å². The van der Waals surface area contributed by atoms with Gasteiger partial charge >= 0.3 is 5.97 Å². The lowest BCUT2D eigenvalue weighted by Crippen LogP contribution is -2.31. The molecule has 0 aliphatic rings. The molecule has 1 aromatic rings. The lowest BCUT2D eigenvalue weighted by atomic mass is 10.1. The molecule has 1 rings (SSSR count). The lowest BCUT2D eigenvalue weighted by Gasteiger charge is -2.15. The van der Waals surface area contributed by atoms with Crippen LogP contribution in [0.3, 0.4) is 0 Å². The van der Waals surface area contributed by atoms with Gasteiger partial charge in [0.15, 0.2) is 6.10 Å². The second-order valence-electron chi connectivity index (χ2n) is 3.24. The largest absolute Gasteiger partial charge is 0.456 e. The van der Waals surface area contributed by atoms with Gasteiger partial charge in [0.05, 0.1) is 0 Å². The highest BCUT2D eigenvalue weighted by molar-refractivity contribution is 5.74. The average molecular weight is 209 g/mol. The normalized spacial score (nSPS) is 14.3. The fourth-order valence-corrected chi connectivity index (χ4v) is 1.14. The molecular weight excluding hydrogens is 194 g/mol. The fraction of sp³-hybridized carbons (Fsp3) is 0.364. The Kier molecular flexibility index (Phi) is 4.27. The first-order chi connectivity index (χ1) is 7.15. The molecule has 2 atom stereocenters. The van der Waals surface area contributed by atoms with E-state index in [0.29, 0.717) is 0 Å². The minimum atomic E-state index is -1.24. The number of benzene rings is 1. The van der Waals surface area contributed by atoms with Crippen molar-refractivity contribution >= 4 is 5.97 Å². The first kappa shape index (κ1) is 11.7. The van der Waals surface area contributed by atoms with Gasteiger partial charge in [-0.3, -0.25) is 0 Å². The van der Waals surface area contributed by atoms with Crippen molar-refractivity contribution in [2.24, 2.45) is 5.73 Å². The van der Waals surface area contributed by atoms with E-state index in [1.54, 1.807) is 6.92 Å². The smallest absolute Gasteiger partial charge is 0.336 e. The zero-order valence-corrected chi connectivity index (χ0v) is 8.59. The van der Waals surface area contributed by atoms with Crippen LogP contribution in [-0.4, -0.2) is 23.7 Å². The maximum absolute atomic E-state index is 11.2. The topological polar surface area (TPSA) is 72.5 Å². The Morgan fingerprint density at radius 2 is 2.07 bits per heavy atom. The summed E-state index contributed by atoms with van der Waals surface area (Å²) in [6.07, 6.45) is -1.61. The van der Waals surface area contributed by atoms with Gasteiger partial charge in [-0.05, 0) is 12.5 Å². The van der Waals surface area contributed by atoms with Crippen LogP contribution in [0.5, 0.6) is 0 Å². The number of rotatable bonds is 4. The third kappa shape index (κ3) is 3.34. The van der Waals surface area contributed by atoms with Crippen molar-refractivity contribution in [3.8, 4) is 0 Å². The molecule has 3 N–H and O–H groups in total. The summed E-state index contributed by atoms with van der Waals surface area (Å²) >= 11 is 0. The average Bonchev–Trinajstić information content (AvgIpc) is 2.29. The van der Waals surface area contributed by atoms with Gasteiger partial charge in [-0.2, -0.15) is 0 Å². The predicted molar refractivity (Wildman–Crippen MR) is 56.0 cm³/mol. The van der Waals surface area contributed by atoms with E-state index in [1.165, 1.54) is 0 Å². The van der Waals surface area contributed by atoms with E-state index in [4.69, 9.17) is 15.6 Å². The highest BCUT2D eigenvalue weighted by atomic mass is 16.6. The molecule has 0 saturated carbocycles. The summed E-state index contributed by atoms with van der Waals surface area (Å²) in [7, 11) is 0. The second-order valence-corrected chi connectivity index (χ2v) is 3.24. The molecule has 4 heteroatoms. The minimum Gasteiger partial charge on any atom is -0.456 e. The third-order valence-corrected chi connectivity index (χ3v) is 2.06. The molecule has 1 unspecified atom stereocenters. The number of aliphatic hydroxyl groups excluding tert-OH is 1. The van der Waals surface area contributed by atoms with Crippen LogP contribution >= 0.6 is 0 Å².